The lowest BCUT2D eigenvalue weighted by Crippen LogP contribution is -2.68. The third-order valence-electron chi connectivity index (χ3n) is 19.2. The predicted octanol–water partition coefficient (Wildman–Crippen LogP) is 9.44. The van der Waals surface area contributed by atoms with E-state index in [1.54, 1.807) is 0 Å². The molecule has 12 aliphatic rings. The molecule has 61 heavy (non-hydrogen) atoms. The molecule has 8 saturated carbocycles. The number of carbonyl (C=O) groups excluding carboxylic acids is 2. The van der Waals surface area contributed by atoms with Gasteiger partial charge in [0.15, 0.2) is 0 Å². The fourth-order valence-corrected chi connectivity index (χ4v) is 18.0. The molecule has 332 valence electrons. The van der Waals surface area contributed by atoms with Gasteiger partial charge >= 0.3 is 0 Å². The van der Waals surface area contributed by atoms with Gasteiger partial charge in [-0.15, -0.1) is 0 Å². The van der Waals surface area contributed by atoms with Crippen LogP contribution < -0.4 is 16.0 Å². The number of amides is 2. The predicted molar refractivity (Wildman–Crippen MR) is 245 cm³/mol. The zero-order valence-electron chi connectivity index (χ0n) is 38.4. The smallest absolute Gasteiger partial charge is 0.226 e. The van der Waals surface area contributed by atoms with Gasteiger partial charge in [0.25, 0.3) is 0 Å². The zero-order valence-corrected chi connectivity index (χ0v) is 38.4. The van der Waals surface area contributed by atoms with Crippen LogP contribution in [0.4, 0.5) is 0 Å². The first-order valence-electron chi connectivity index (χ1n) is 25.1. The lowest BCUT2D eigenvalue weighted by atomic mass is 9.33. The van der Waals surface area contributed by atoms with Crippen LogP contribution in [0.15, 0.2) is 66.3 Å². The molecule has 13 rings (SSSR count). The van der Waals surface area contributed by atoms with Crippen molar-refractivity contribution in [1.29, 1.82) is 0 Å². The number of allylic oxidation sites excluding steroid dienone is 5. The Bertz CT molecular complexity index is 1940. The van der Waals surface area contributed by atoms with Crippen LogP contribution in [0.3, 0.4) is 0 Å². The van der Waals surface area contributed by atoms with Crippen molar-refractivity contribution in [3.8, 4) is 0 Å². The quantitative estimate of drug-likeness (QED) is 0.163. The van der Waals surface area contributed by atoms with Gasteiger partial charge in [-0.2, -0.15) is 0 Å². The highest BCUT2D eigenvalue weighted by Crippen LogP contribution is 2.77. The summed E-state index contributed by atoms with van der Waals surface area (Å²) >= 11 is 0. The Balaban J connectivity index is 0.984. The Morgan fingerprint density at radius 1 is 0.820 bits per heavy atom. The van der Waals surface area contributed by atoms with E-state index in [2.05, 4.69) is 97.1 Å². The van der Waals surface area contributed by atoms with Gasteiger partial charge in [-0.3, -0.25) is 9.59 Å². The van der Waals surface area contributed by atoms with Gasteiger partial charge < -0.3 is 25.6 Å². The lowest BCUT2D eigenvalue weighted by Gasteiger charge is -2.71. The molecule has 2 amide bonds. The molecule has 4 heterocycles. The molecular weight excluding hydrogens is 753 g/mol. The van der Waals surface area contributed by atoms with E-state index in [0.29, 0.717) is 36.2 Å². The number of rotatable bonds is 14. The molecule has 0 radical (unpaired) electrons. The van der Waals surface area contributed by atoms with Crippen LogP contribution in [0, 0.1) is 50.2 Å². The van der Waals surface area contributed by atoms with E-state index < -0.39 is 0 Å². The molecule has 7 nitrogen and oxygen atoms in total. The van der Waals surface area contributed by atoms with E-state index in [1.165, 1.54) is 61.9 Å². The Labute approximate surface area is 368 Å². The first-order chi connectivity index (χ1) is 29.3. The van der Waals surface area contributed by atoms with Crippen molar-refractivity contribution in [2.45, 2.75) is 154 Å². The van der Waals surface area contributed by atoms with E-state index in [9.17, 15) is 4.79 Å². The molecular formula is C54H78N4O3. The van der Waals surface area contributed by atoms with Crippen LogP contribution in [-0.4, -0.2) is 74.7 Å². The molecule has 1 aromatic carbocycles. The van der Waals surface area contributed by atoms with Crippen molar-refractivity contribution in [1.82, 2.24) is 20.9 Å². The first-order valence-corrected chi connectivity index (χ1v) is 25.1. The summed E-state index contributed by atoms with van der Waals surface area (Å²) in [5.74, 6) is 2.21. The van der Waals surface area contributed by atoms with E-state index in [1.807, 2.05) is 0 Å². The molecule has 0 aromatic heterocycles. The molecule has 11 atom stereocenters. The second kappa shape index (κ2) is 15.5. The zero-order chi connectivity index (χ0) is 42.3. The van der Waals surface area contributed by atoms with Gasteiger partial charge in [-0.25, -0.2) is 0 Å². The SMILES string of the molecule is C=C(/C=C\C(=C/C)C12CC3(C(=O)N[C@@H]4CN5CCC4CC5)C[C@](CCC)(C1)C[C@@](c1ccccc1)(C3)C2)[C@]12CC3CC(C(=O)NC4CCNCC4C)(C[C@](COCC)(C3)C1)C2. The highest BCUT2D eigenvalue weighted by molar-refractivity contribution is 5.85. The third-order valence-corrected chi connectivity index (χ3v) is 19.2. The molecule has 4 aliphatic heterocycles. The van der Waals surface area contributed by atoms with Crippen LogP contribution >= 0.6 is 0 Å². The van der Waals surface area contributed by atoms with Crippen molar-refractivity contribution in [3.63, 3.8) is 0 Å². The number of fused-ring (bicyclic) bond motifs is 3. The first kappa shape index (κ1) is 42.2. The standard InChI is InChI=1S/C54H78N4O3/c1-6-19-48-28-52(34-53(29-48,43-12-10-9-11-13-43)36-54(30-48,35-52)47(60)57-45-27-58-21-17-41(45)18-22-58)42(7-2)15-14-39(5)50-24-40-23-49(31-50,37-61-8-3)32-51(25-40,33-50)46(59)56-44-16-20-55-26-38(44)4/h7,9-15,38,40-41,44-45,55H,5-6,8,16-37H2,1-4H3,(H,56,59)(H,57,60)/b15-14-,42-7+/t38?,40?,44?,45-,48-,49+,50-,51?,52?,53+,54?/m1/s1. The number of ether oxygens (including phenoxy) is 1. The van der Waals surface area contributed by atoms with E-state index in [-0.39, 0.29) is 50.0 Å². The molecule has 8 aliphatic carbocycles. The van der Waals surface area contributed by atoms with Crippen LogP contribution in [0.5, 0.6) is 0 Å². The maximum Gasteiger partial charge on any atom is 0.226 e. The number of hydrogen-bond acceptors (Lipinski definition) is 5. The van der Waals surface area contributed by atoms with E-state index >= 15 is 4.79 Å². The van der Waals surface area contributed by atoms with Crippen LogP contribution in [0.2, 0.25) is 0 Å². The Morgan fingerprint density at radius 2 is 1.51 bits per heavy atom. The van der Waals surface area contributed by atoms with E-state index in [0.717, 1.165) is 103 Å². The van der Waals surface area contributed by atoms with Gasteiger partial charge in [0, 0.05) is 25.2 Å². The van der Waals surface area contributed by atoms with E-state index in [4.69, 9.17) is 11.3 Å². The van der Waals surface area contributed by atoms with Gasteiger partial charge in [0.2, 0.25) is 11.8 Å². The topological polar surface area (TPSA) is 82.7 Å². The summed E-state index contributed by atoms with van der Waals surface area (Å²) < 4.78 is 6.32. The summed E-state index contributed by atoms with van der Waals surface area (Å²) in [5.41, 5.74) is 3.20. The normalized spacial score (nSPS) is 45.7. The summed E-state index contributed by atoms with van der Waals surface area (Å²) in [6, 6.07) is 11.9. The van der Waals surface area contributed by atoms with Crippen LogP contribution in [0.1, 0.15) is 142 Å². The Hall–Kier alpha value is -2.74. The summed E-state index contributed by atoms with van der Waals surface area (Å²) in [7, 11) is 0. The minimum absolute atomic E-state index is 0.00974. The fraction of sp³-hybridized carbons (Fsp3) is 0.741. The Morgan fingerprint density at radius 3 is 2.23 bits per heavy atom. The summed E-state index contributed by atoms with van der Waals surface area (Å²) in [6.45, 7) is 20.8. The molecule has 6 unspecified atom stereocenters. The van der Waals surface area contributed by atoms with Crippen molar-refractivity contribution in [2.75, 3.05) is 45.9 Å². The van der Waals surface area contributed by atoms with Crippen molar-refractivity contribution in [2.24, 2.45) is 50.2 Å². The van der Waals surface area contributed by atoms with Gasteiger partial charge in [-0.05, 0) is 204 Å². The second-order valence-corrected chi connectivity index (χ2v) is 23.6. The maximum absolute atomic E-state index is 15.3. The molecule has 10 bridgehead atoms. The highest BCUT2D eigenvalue weighted by atomic mass is 16.5. The van der Waals surface area contributed by atoms with Crippen LogP contribution in [0.25, 0.3) is 0 Å². The summed E-state index contributed by atoms with van der Waals surface area (Å²) in [6.07, 6.45) is 25.6. The molecule has 0 spiro atoms. The van der Waals surface area contributed by atoms with Crippen molar-refractivity contribution >= 4 is 11.8 Å². The number of nitrogens with one attached hydrogen (secondary N) is 3. The summed E-state index contributed by atoms with van der Waals surface area (Å²) in [5, 5.41) is 11.0. The number of hydrogen-bond donors (Lipinski definition) is 3. The monoisotopic (exact) mass is 831 g/mol. The van der Waals surface area contributed by atoms with Gasteiger partial charge in [0.05, 0.1) is 17.4 Å². The van der Waals surface area contributed by atoms with Gasteiger partial charge in [0.1, 0.15) is 0 Å². The minimum atomic E-state index is -0.387. The number of nitrogens with zero attached hydrogens (tertiary/aromatic N) is 1. The highest BCUT2D eigenvalue weighted by Gasteiger charge is 2.71. The molecule has 3 N–H and O–H groups in total. The average molecular weight is 831 g/mol. The van der Waals surface area contributed by atoms with Crippen molar-refractivity contribution < 1.29 is 14.3 Å². The van der Waals surface area contributed by atoms with Crippen molar-refractivity contribution in [3.05, 3.63) is 71.8 Å². The fourth-order valence-electron chi connectivity index (χ4n) is 18.0. The number of piperidine rings is 4. The maximum atomic E-state index is 15.3. The second-order valence-electron chi connectivity index (χ2n) is 23.6. The Kier molecular flexibility index (Phi) is 10.7. The molecule has 12 fully saturated rings. The molecule has 7 heteroatoms. The number of benzene rings is 1. The largest absolute Gasteiger partial charge is 0.381 e. The van der Waals surface area contributed by atoms with Gasteiger partial charge in [-0.1, -0.05) is 75.4 Å². The van der Waals surface area contributed by atoms with Crippen LogP contribution in [-0.2, 0) is 19.7 Å². The lowest BCUT2D eigenvalue weighted by molar-refractivity contribution is -0.181. The third kappa shape index (κ3) is 7.07. The minimum Gasteiger partial charge on any atom is -0.381 e. The average Bonchev–Trinajstić information content (AvgIpc) is 3.23. The summed E-state index contributed by atoms with van der Waals surface area (Å²) in [4.78, 5) is 32.7. The molecule has 1 aromatic rings. The number of carbonyl (C=O) groups is 2. The molecule has 4 saturated heterocycles.